The van der Waals surface area contributed by atoms with Gasteiger partial charge in [0.15, 0.2) is 0 Å². The summed E-state index contributed by atoms with van der Waals surface area (Å²) in [5.41, 5.74) is 6.69. The van der Waals surface area contributed by atoms with Crippen LogP contribution in [-0.4, -0.2) is 51.4 Å². The van der Waals surface area contributed by atoms with Crippen molar-refractivity contribution in [3.8, 4) is 0 Å². The van der Waals surface area contributed by atoms with Gasteiger partial charge in [0.1, 0.15) is 11.9 Å². The molecule has 3 rings (SSSR count). The van der Waals surface area contributed by atoms with Crippen LogP contribution in [0.1, 0.15) is 43.4 Å². The molecule has 2 heterocycles. The average Bonchev–Trinajstić information content (AvgIpc) is 2.77. The smallest absolute Gasteiger partial charge is 0.256 e. The Hall–Kier alpha value is -2.75. The summed E-state index contributed by atoms with van der Waals surface area (Å²) in [5, 5.41) is 2.72. The van der Waals surface area contributed by atoms with Crippen LogP contribution in [0.15, 0.2) is 35.1 Å². The van der Waals surface area contributed by atoms with Gasteiger partial charge < -0.3 is 25.7 Å². The van der Waals surface area contributed by atoms with Crippen molar-refractivity contribution in [3.63, 3.8) is 0 Å². The molecule has 10 heteroatoms. The Morgan fingerprint density at radius 3 is 2.64 bits per heavy atom. The molecular formula is C23H32ClN5O4. The summed E-state index contributed by atoms with van der Waals surface area (Å²) < 4.78 is 5.75. The van der Waals surface area contributed by atoms with E-state index in [0.29, 0.717) is 37.4 Å². The van der Waals surface area contributed by atoms with Crippen molar-refractivity contribution >= 4 is 24.2 Å². The Morgan fingerprint density at radius 2 is 2.00 bits per heavy atom. The molecule has 0 radical (unpaired) electrons. The highest BCUT2D eigenvalue weighted by Gasteiger charge is 2.33. The number of fused-ring (bicyclic) bond motifs is 1. The van der Waals surface area contributed by atoms with E-state index in [4.69, 9.17) is 10.5 Å². The van der Waals surface area contributed by atoms with E-state index < -0.39 is 17.5 Å². The molecule has 2 amide bonds. The van der Waals surface area contributed by atoms with Crippen molar-refractivity contribution in [1.29, 1.82) is 0 Å². The first-order chi connectivity index (χ1) is 15.2. The molecule has 0 spiro atoms. The molecular weight excluding hydrogens is 446 g/mol. The van der Waals surface area contributed by atoms with Gasteiger partial charge >= 0.3 is 0 Å². The van der Waals surface area contributed by atoms with Crippen LogP contribution in [0.5, 0.6) is 0 Å². The molecule has 4 N–H and O–H groups in total. The van der Waals surface area contributed by atoms with Gasteiger partial charge in [0.25, 0.3) is 5.56 Å². The lowest BCUT2D eigenvalue weighted by Crippen LogP contribution is -2.58. The molecule has 9 nitrogen and oxygen atoms in total. The normalized spacial score (nSPS) is 14.1. The number of halogens is 1. The highest BCUT2D eigenvalue weighted by molar-refractivity contribution is 5.91. The minimum Gasteiger partial charge on any atom is -0.374 e. The number of carbonyl (C=O) groups is 2. The van der Waals surface area contributed by atoms with Crippen LogP contribution in [0.25, 0.3) is 0 Å². The van der Waals surface area contributed by atoms with Crippen LogP contribution in [0.3, 0.4) is 0 Å². The fraction of sp³-hybridized carbons (Fsp3) is 0.478. The predicted molar refractivity (Wildman–Crippen MR) is 127 cm³/mol. The van der Waals surface area contributed by atoms with E-state index in [-0.39, 0.29) is 37.0 Å². The zero-order valence-corrected chi connectivity index (χ0v) is 20.0. The summed E-state index contributed by atoms with van der Waals surface area (Å²) in [6, 6.07) is 8.64. The van der Waals surface area contributed by atoms with Crippen LogP contribution >= 0.6 is 12.4 Å². The molecule has 0 saturated heterocycles. The first-order valence-corrected chi connectivity index (χ1v) is 10.8. The van der Waals surface area contributed by atoms with Gasteiger partial charge in [-0.2, -0.15) is 0 Å². The number of benzene rings is 1. The van der Waals surface area contributed by atoms with Crippen molar-refractivity contribution < 1.29 is 14.3 Å². The molecule has 2 aromatic rings. The Bertz CT molecular complexity index is 1020. The second-order valence-corrected chi connectivity index (χ2v) is 8.55. The van der Waals surface area contributed by atoms with Crippen molar-refractivity contribution in [2.24, 2.45) is 5.73 Å². The van der Waals surface area contributed by atoms with Gasteiger partial charge in [-0.15, -0.1) is 12.4 Å². The first kappa shape index (κ1) is 26.5. The summed E-state index contributed by atoms with van der Waals surface area (Å²) in [6.07, 6.45) is 1.11. The fourth-order valence-electron chi connectivity index (χ4n) is 3.44. The van der Waals surface area contributed by atoms with E-state index in [0.717, 1.165) is 11.3 Å². The zero-order valence-electron chi connectivity index (χ0n) is 19.2. The number of nitrogens with two attached hydrogens (primary N) is 1. The maximum atomic E-state index is 13.3. The number of nitrogens with zero attached hydrogens (tertiary/aromatic N) is 2. The van der Waals surface area contributed by atoms with Gasteiger partial charge in [-0.05, 0) is 19.4 Å². The molecule has 0 fully saturated rings. The fourth-order valence-corrected chi connectivity index (χ4v) is 3.44. The van der Waals surface area contributed by atoms with Crippen LogP contribution < -0.4 is 16.6 Å². The Kier molecular flexibility index (Phi) is 9.16. The summed E-state index contributed by atoms with van der Waals surface area (Å²) in [7, 11) is 0. The highest BCUT2D eigenvalue weighted by Crippen LogP contribution is 2.15. The van der Waals surface area contributed by atoms with Gasteiger partial charge in [0, 0.05) is 19.4 Å². The molecule has 1 aromatic heterocycles. The van der Waals surface area contributed by atoms with Gasteiger partial charge in [-0.1, -0.05) is 37.3 Å². The number of hydrogen-bond acceptors (Lipinski definition) is 6. The number of ether oxygens (including phenoxy) is 1. The molecule has 0 unspecified atom stereocenters. The van der Waals surface area contributed by atoms with Crippen molar-refractivity contribution in [2.45, 2.75) is 58.3 Å². The minimum absolute atomic E-state index is 0. The number of carbonyl (C=O) groups excluding carboxylic acids is 2. The molecule has 0 bridgehead atoms. The second kappa shape index (κ2) is 11.4. The lowest BCUT2D eigenvalue weighted by atomic mass is 10.0. The van der Waals surface area contributed by atoms with Crippen LogP contribution in [0.4, 0.5) is 0 Å². The molecule has 0 aliphatic carbocycles. The molecule has 1 aliphatic heterocycles. The zero-order chi connectivity index (χ0) is 23.3. The quantitative estimate of drug-likeness (QED) is 0.521. The van der Waals surface area contributed by atoms with Crippen LogP contribution in [0.2, 0.25) is 0 Å². The Labute approximate surface area is 199 Å². The van der Waals surface area contributed by atoms with Gasteiger partial charge in [0.05, 0.1) is 36.6 Å². The van der Waals surface area contributed by atoms with Gasteiger partial charge in [0.2, 0.25) is 11.8 Å². The molecule has 33 heavy (non-hydrogen) atoms. The SMILES string of the molecule is CCc1nc2c(c(=O)[nH]1)CN(C(=O)[C@@H](COCc1ccccc1)NC(=O)C(C)(C)N)CC2.Cl. The lowest BCUT2D eigenvalue weighted by molar-refractivity contribution is -0.140. The second-order valence-electron chi connectivity index (χ2n) is 8.55. The molecule has 1 atom stereocenters. The summed E-state index contributed by atoms with van der Waals surface area (Å²) >= 11 is 0. The number of aryl methyl sites for hydroxylation is 1. The Morgan fingerprint density at radius 1 is 1.30 bits per heavy atom. The third-order valence-corrected chi connectivity index (χ3v) is 5.35. The number of hydrogen-bond donors (Lipinski definition) is 3. The van der Waals surface area contributed by atoms with E-state index in [1.165, 1.54) is 0 Å². The maximum absolute atomic E-state index is 13.3. The predicted octanol–water partition coefficient (Wildman–Crippen LogP) is 1.08. The van der Waals surface area contributed by atoms with Crippen LogP contribution in [-0.2, 0) is 40.3 Å². The molecule has 1 aromatic carbocycles. The number of H-pyrrole nitrogens is 1. The first-order valence-electron chi connectivity index (χ1n) is 10.8. The summed E-state index contributed by atoms with van der Waals surface area (Å²) in [6.45, 7) is 5.90. The standard InChI is InChI=1S/C23H31N5O4.ClH/c1-4-19-25-17-10-11-28(12-16(17)20(29)27-19)21(30)18(26-22(31)23(2,3)24)14-32-13-15-8-6-5-7-9-15;/h5-9,18H,4,10-14,24H2,1-3H3,(H,26,31)(H,25,27,29);1H/t18-;/m1./s1. The van der Waals surface area contributed by atoms with Crippen molar-refractivity contribution in [3.05, 3.63) is 63.3 Å². The van der Waals surface area contributed by atoms with E-state index in [1.54, 1.807) is 18.7 Å². The maximum Gasteiger partial charge on any atom is 0.256 e. The summed E-state index contributed by atoms with van der Waals surface area (Å²) in [4.78, 5) is 47.1. The molecule has 1 aliphatic rings. The summed E-state index contributed by atoms with van der Waals surface area (Å²) in [5.74, 6) is -0.137. The average molecular weight is 478 g/mol. The van der Waals surface area contributed by atoms with E-state index >= 15 is 0 Å². The topological polar surface area (TPSA) is 130 Å². The largest absolute Gasteiger partial charge is 0.374 e. The molecule has 180 valence electrons. The third kappa shape index (κ3) is 6.86. The van der Waals surface area contributed by atoms with Gasteiger partial charge in [-0.3, -0.25) is 14.4 Å². The van der Waals surface area contributed by atoms with Gasteiger partial charge in [-0.25, -0.2) is 4.98 Å². The van der Waals surface area contributed by atoms with E-state index in [2.05, 4.69) is 15.3 Å². The Balaban J connectivity index is 0.00000385. The lowest BCUT2D eigenvalue weighted by Gasteiger charge is -2.32. The monoisotopic (exact) mass is 477 g/mol. The van der Waals surface area contributed by atoms with E-state index in [1.807, 2.05) is 37.3 Å². The number of nitrogens with one attached hydrogen (secondary N) is 2. The third-order valence-electron chi connectivity index (χ3n) is 5.35. The molecule has 0 saturated carbocycles. The number of amides is 2. The number of aromatic nitrogens is 2. The minimum atomic E-state index is -1.15. The number of aromatic amines is 1. The van der Waals surface area contributed by atoms with Crippen molar-refractivity contribution in [2.75, 3.05) is 13.2 Å². The van der Waals surface area contributed by atoms with E-state index in [9.17, 15) is 14.4 Å². The van der Waals surface area contributed by atoms with Crippen LogP contribution in [0, 0.1) is 0 Å². The number of rotatable bonds is 8. The van der Waals surface area contributed by atoms with Crippen molar-refractivity contribution in [1.82, 2.24) is 20.2 Å². The highest BCUT2D eigenvalue weighted by atomic mass is 35.5.